The van der Waals surface area contributed by atoms with Crippen LogP contribution in [0.1, 0.15) is 18.4 Å². The molecule has 0 amide bonds. The summed E-state index contributed by atoms with van der Waals surface area (Å²) in [6.07, 6.45) is 5.32. The van der Waals surface area contributed by atoms with Crippen molar-refractivity contribution in [3.63, 3.8) is 0 Å². The van der Waals surface area contributed by atoms with Gasteiger partial charge in [0.1, 0.15) is 0 Å². The molecule has 1 aromatic rings. The van der Waals surface area contributed by atoms with Crippen LogP contribution in [0.2, 0.25) is 0 Å². The fraction of sp³-hybridized carbons (Fsp3) is 0.429. The van der Waals surface area contributed by atoms with Crippen molar-refractivity contribution >= 4 is 11.8 Å². The molecule has 0 saturated carbocycles. The lowest BCUT2D eigenvalue weighted by Gasteiger charge is -2.31. The van der Waals surface area contributed by atoms with E-state index in [1.54, 1.807) is 0 Å². The van der Waals surface area contributed by atoms with Crippen LogP contribution in [-0.4, -0.2) is 30.8 Å². The zero-order chi connectivity index (χ0) is 13.5. The second-order valence-corrected chi connectivity index (χ2v) is 4.63. The highest BCUT2D eigenvalue weighted by atomic mass is 16.3. The van der Waals surface area contributed by atoms with Crippen LogP contribution in [0.15, 0.2) is 35.5 Å². The lowest BCUT2D eigenvalue weighted by molar-refractivity contribution is 0.145. The Balaban J connectivity index is 1.94. The Bertz CT molecular complexity index is 469. The third-order valence-electron chi connectivity index (χ3n) is 3.28. The topological polar surface area (TPSA) is 72.2 Å². The highest BCUT2D eigenvalue weighted by Crippen LogP contribution is 2.20. The molecular formula is C14H18N4O. The van der Waals surface area contributed by atoms with E-state index in [-0.39, 0.29) is 6.10 Å². The summed E-state index contributed by atoms with van der Waals surface area (Å²) in [5, 5.41) is 12.9. The molecule has 1 fully saturated rings. The van der Waals surface area contributed by atoms with Crippen molar-refractivity contribution in [3.8, 4) is 0 Å². The van der Waals surface area contributed by atoms with E-state index in [1.807, 2.05) is 24.3 Å². The van der Waals surface area contributed by atoms with E-state index in [1.165, 1.54) is 5.69 Å². The average molecular weight is 258 g/mol. The summed E-state index contributed by atoms with van der Waals surface area (Å²) in [5.41, 5.74) is 10.4. The fourth-order valence-corrected chi connectivity index (χ4v) is 2.19. The molecule has 0 atom stereocenters. The van der Waals surface area contributed by atoms with Gasteiger partial charge in [-0.3, -0.25) is 0 Å². The molecular weight excluding hydrogens is 240 g/mol. The molecule has 19 heavy (non-hydrogen) atoms. The van der Waals surface area contributed by atoms with Crippen molar-refractivity contribution in [3.05, 3.63) is 46.3 Å². The Hall–Kier alpha value is -1.97. The van der Waals surface area contributed by atoms with Gasteiger partial charge in [-0.05, 0) is 36.1 Å². The largest absolute Gasteiger partial charge is 0.393 e. The predicted octanol–water partition coefficient (Wildman–Crippen LogP) is 2.97. The van der Waals surface area contributed by atoms with Gasteiger partial charge in [0.05, 0.1) is 6.10 Å². The normalized spacial score (nSPS) is 16.6. The molecule has 0 spiro atoms. The predicted molar refractivity (Wildman–Crippen MR) is 76.9 cm³/mol. The first-order valence-corrected chi connectivity index (χ1v) is 6.50. The smallest absolute Gasteiger partial charge is 0.0574 e. The molecule has 0 radical (unpaired) electrons. The van der Waals surface area contributed by atoms with E-state index in [4.69, 9.17) is 5.53 Å². The fourth-order valence-electron chi connectivity index (χ4n) is 2.19. The molecule has 0 unspecified atom stereocenters. The van der Waals surface area contributed by atoms with Crippen LogP contribution >= 0.6 is 0 Å². The maximum atomic E-state index is 9.49. The number of nitrogens with zero attached hydrogens (tertiary/aromatic N) is 4. The van der Waals surface area contributed by atoms with Crippen molar-refractivity contribution in [1.29, 1.82) is 0 Å². The number of rotatable bonds is 4. The van der Waals surface area contributed by atoms with E-state index in [2.05, 4.69) is 27.1 Å². The van der Waals surface area contributed by atoms with Crippen LogP contribution in [0.25, 0.3) is 16.5 Å². The monoisotopic (exact) mass is 258 g/mol. The molecule has 5 heteroatoms. The summed E-state index contributed by atoms with van der Waals surface area (Å²) < 4.78 is 0. The van der Waals surface area contributed by atoms with Crippen LogP contribution in [0, 0.1) is 0 Å². The number of hydrogen-bond acceptors (Lipinski definition) is 3. The maximum Gasteiger partial charge on any atom is 0.0574 e. The van der Waals surface area contributed by atoms with E-state index < -0.39 is 0 Å². The summed E-state index contributed by atoms with van der Waals surface area (Å²) in [7, 11) is 0. The minimum absolute atomic E-state index is 0.140. The summed E-state index contributed by atoms with van der Waals surface area (Å²) in [4.78, 5) is 4.99. The van der Waals surface area contributed by atoms with Crippen LogP contribution in [-0.2, 0) is 0 Å². The summed E-state index contributed by atoms with van der Waals surface area (Å²) in [5.74, 6) is 0. The van der Waals surface area contributed by atoms with Gasteiger partial charge >= 0.3 is 0 Å². The average Bonchev–Trinajstić information content (AvgIpc) is 2.45. The Morgan fingerprint density at radius 1 is 1.32 bits per heavy atom. The summed E-state index contributed by atoms with van der Waals surface area (Å²) in [6, 6.07) is 8.27. The van der Waals surface area contributed by atoms with Gasteiger partial charge < -0.3 is 10.0 Å². The standard InChI is InChI=1S/C14H18N4O/c15-17-16-9-1-2-12-3-5-13(6-4-12)18-10-7-14(19)8-11-18/h1-6,14,19H,7-11H2. The lowest BCUT2D eigenvalue weighted by atomic mass is 10.1. The molecule has 0 aromatic heterocycles. The van der Waals surface area contributed by atoms with E-state index in [0.717, 1.165) is 31.5 Å². The number of aliphatic hydroxyl groups is 1. The highest BCUT2D eigenvalue weighted by molar-refractivity contribution is 5.56. The van der Waals surface area contributed by atoms with Gasteiger partial charge in [0.25, 0.3) is 0 Å². The molecule has 1 aromatic carbocycles. The van der Waals surface area contributed by atoms with Crippen molar-refractivity contribution in [1.82, 2.24) is 0 Å². The Morgan fingerprint density at radius 2 is 2.00 bits per heavy atom. The molecule has 0 bridgehead atoms. The first kappa shape index (κ1) is 13.5. The number of anilines is 1. The van der Waals surface area contributed by atoms with Gasteiger partial charge in [-0.25, -0.2) is 0 Å². The molecule has 0 aliphatic carbocycles. The molecule has 100 valence electrons. The summed E-state index contributed by atoms with van der Waals surface area (Å²) >= 11 is 0. The van der Waals surface area contributed by atoms with Gasteiger partial charge in [0.15, 0.2) is 0 Å². The lowest BCUT2D eigenvalue weighted by Crippen LogP contribution is -2.35. The quantitative estimate of drug-likeness (QED) is 0.512. The minimum atomic E-state index is -0.140. The number of hydrogen-bond donors (Lipinski definition) is 1. The Labute approximate surface area is 112 Å². The Morgan fingerprint density at radius 3 is 2.63 bits per heavy atom. The summed E-state index contributed by atoms with van der Waals surface area (Å²) in [6.45, 7) is 2.20. The van der Waals surface area contributed by atoms with Crippen LogP contribution < -0.4 is 4.90 Å². The van der Waals surface area contributed by atoms with Gasteiger partial charge in [-0.15, -0.1) is 0 Å². The number of benzene rings is 1. The van der Waals surface area contributed by atoms with Gasteiger partial charge in [-0.1, -0.05) is 29.4 Å². The third-order valence-corrected chi connectivity index (χ3v) is 3.28. The second kappa shape index (κ2) is 6.83. The third kappa shape index (κ3) is 4.02. The highest BCUT2D eigenvalue weighted by Gasteiger charge is 2.16. The van der Waals surface area contributed by atoms with Crippen LogP contribution in [0.3, 0.4) is 0 Å². The van der Waals surface area contributed by atoms with E-state index >= 15 is 0 Å². The molecule has 1 N–H and O–H groups in total. The van der Waals surface area contributed by atoms with Crippen LogP contribution in [0.5, 0.6) is 0 Å². The van der Waals surface area contributed by atoms with Gasteiger partial charge in [0.2, 0.25) is 0 Å². The van der Waals surface area contributed by atoms with E-state index in [0.29, 0.717) is 6.54 Å². The van der Waals surface area contributed by atoms with Gasteiger partial charge in [-0.2, -0.15) is 0 Å². The van der Waals surface area contributed by atoms with Crippen LogP contribution in [0.4, 0.5) is 5.69 Å². The molecule has 5 nitrogen and oxygen atoms in total. The first-order valence-electron chi connectivity index (χ1n) is 6.50. The van der Waals surface area contributed by atoms with Crippen molar-refractivity contribution in [2.75, 3.05) is 24.5 Å². The zero-order valence-electron chi connectivity index (χ0n) is 10.8. The molecule has 1 saturated heterocycles. The minimum Gasteiger partial charge on any atom is -0.393 e. The zero-order valence-corrected chi connectivity index (χ0v) is 10.8. The number of azide groups is 1. The second-order valence-electron chi connectivity index (χ2n) is 4.63. The van der Waals surface area contributed by atoms with Crippen molar-refractivity contribution in [2.45, 2.75) is 18.9 Å². The van der Waals surface area contributed by atoms with Crippen molar-refractivity contribution < 1.29 is 5.11 Å². The molecule has 1 aliphatic heterocycles. The molecule has 2 rings (SSSR count). The van der Waals surface area contributed by atoms with Gasteiger partial charge in [0, 0.05) is 30.2 Å². The number of aliphatic hydroxyl groups excluding tert-OH is 1. The molecule has 1 heterocycles. The molecule has 1 aliphatic rings. The van der Waals surface area contributed by atoms with Crippen molar-refractivity contribution in [2.24, 2.45) is 5.11 Å². The first-order chi connectivity index (χ1) is 9.29. The maximum absolute atomic E-state index is 9.49. The van der Waals surface area contributed by atoms with E-state index in [9.17, 15) is 5.11 Å². The SMILES string of the molecule is [N-]=[N+]=NCC=Cc1ccc(N2CCC(O)CC2)cc1. The number of piperidine rings is 1. The Kier molecular flexibility index (Phi) is 4.84.